The maximum absolute atomic E-state index is 13.2. The Balaban J connectivity index is 2.15. The molecule has 2 atom stereocenters. The van der Waals surface area contributed by atoms with Crippen LogP contribution in [0.4, 0.5) is 4.39 Å². The molecular formula is C23H28ClFN2O2. The van der Waals surface area contributed by atoms with E-state index in [-0.39, 0.29) is 36.6 Å². The van der Waals surface area contributed by atoms with Crippen molar-refractivity contribution < 1.29 is 14.0 Å². The van der Waals surface area contributed by atoms with Crippen molar-refractivity contribution in [3.8, 4) is 0 Å². The zero-order chi connectivity index (χ0) is 21.4. The van der Waals surface area contributed by atoms with Crippen LogP contribution in [-0.2, 0) is 22.6 Å². The lowest BCUT2D eigenvalue weighted by Crippen LogP contribution is -2.49. The lowest BCUT2D eigenvalue weighted by atomic mass is 10.1. The number of hydrogen-bond donors (Lipinski definition) is 1. The fourth-order valence-electron chi connectivity index (χ4n) is 2.92. The largest absolute Gasteiger partial charge is 0.352 e. The summed E-state index contributed by atoms with van der Waals surface area (Å²) in [5, 5.41) is 3.55. The highest BCUT2D eigenvalue weighted by Gasteiger charge is 2.26. The van der Waals surface area contributed by atoms with Gasteiger partial charge in [-0.25, -0.2) is 4.39 Å². The Morgan fingerprint density at radius 1 is 1.10 bits per heavy atom. The molecule has 0 bridgehead atoms. The fourth-order valence-corrected chi connectivity index (χ4v) is 3.15. The third-order valence-electron chi connectivity index (χ3n) is 5.00. The van der Waals surface area contributed by atoms with Crippen LogP contribution in [0.5, 0.6) is 0 Å². The molecule has 0 spiro atoms. The number of benzene rings is 2. The summed E-state index contributed by atoms with van der Waals surface area (Å²) in [6, 6.07) is 12.7. The molecule has 2 aromatic rings. The summed E-state index contributed by atoms with van der Waals surface area (Å²) in [7, 11) is 0. The van der Waals surface area contributed by atoms with Crippen LogP contribution < -0.4 is 5.32 Å². The number of nitrogens with one attached hydrogen (secondary N) is 1. The summed E-state index contributed by atoms with van der Waals surface area (Å²) in [4.78, 5) is 27.2. The van der Waals surface area contributed by atoms with Crippen LogP contribution in [0.25, 0.3) is 0 Å². The summed E-state index contributed by atoms with van der Waals surface area (Å²) < 4.78 is 13.2. The van der Waals surface area contributed by atoms with E-state index in [1.807, 2.05) is 32.0 Å². The van der Waals surface area contributed by atoms with E-state index in [1.54, 1.807) is 30.0 Å². The van der Waals surface area contributed by atoms with Crippen LogP contribution in [0.2, 0.25) is 5.02 Å². The summed E-state index contributed by atoms with van der Waals surface area (Å²) in [5.74, 6) is -0.693. The van der Waals surface area contributed by atoms with Crippen LogP contribution in [0, 0.1) is 5.82 Å². The van der Waals surface area contributed by atoms with Crippen LogP contribution in [0.15, 0.2) is 48.5 Å². The lowest BCUT2D eigenvalue weighted by molar-refractivity contribution is -0.140. The van der Waals surface area contributed by atoms with Gasteiger partial charge >= 0.3 is 0 Å². The molecule has 1 N–H and O–H groups in total. The number of rotatable bonds is 9. The van der Waals surface area contributed by atoms with Gasteiger partial charge in [-0.05, 0) is 56.0 Å². The smallest absolute Gasteiger partial charge is 0.242 e. The van der Waals surface area contributed by atoms with E-state index in [9.17, 15) is 14.0 Å². The quantitative estimate of drug-likeness (QED) is 0.639. The molecule has 29 heavy (non-hydrogen) atoms. The fraction of sp³-hybridized carbons (Fsp3) is 0.391. The Kier molecular flexibility index (Phi) is 8.65. The van der Waals surface area contributed by atoms with Gasteiger partial charge in [0.15, 0.2) is 0 Å². The van der Waals surface area contributed by atoms with E-state index in [2.05, 4.69) is 5.32 Å². The Hall–Kier alpha value is -2.40. The van der Waals surface area contributed by atoms with Crippen molar-refractivity contribution in [2.24, 2.45) is 0 Å². The molecule has 2 rings (SSSR count). The third kappa shape index (κ3) is 6.86. The lowest BCUT2D eigenvalue weighted by Gasteiger charge is -2.30. The SMILES string of the molecule is CCC(C)NC(=O)C(C)N(Cc1ccc(F)cc1)C(=O)CCc1ccccc1Cl. The molecule has 156 valence electrons. The minimum atomic E-state index is -0.646. The Morgan fingerprint density at radius 2 is 1.76 bits per heavy atom. The average molecular weight is 419 g/mol. The minimum Gasteiger partial charge on any atom is -0.352 e. The molecule has 0 saturated carbocycles. The van der Waals surface area contributed by atoms with E-state index in [1.165, 1.54) is 12.1 Å². The molecule has 6 heteroatoms. The van der Waals surface area contributed by atoms with Crippen molar-refractivity contribution in [3.05, 3.63) is 70.5 Å². The molecule has 0 aliphatic rings. The zero-order valence-corrected chi connectivity index (χ0v) is 17.9. The van der Waals surface area contributed by atoms with Crippen molar-refractivity contribution in [2.75, 3.05) is 0 Å². The second-order valence-corrected chi connectivity index (χ2v) is 7.64. The Morgan fingerprint density at radius 3 is 2.38 bits per heavy atom. The van der Waals surface area contributed by atoms with Gasteiger partial charge in [0.1, 0.15) is 11.9 Å². The van der Waals surface area contributed by atoms with Gasteiger partial charge in [0, 0.05) is 24.0 Å². The van der Waals surface area contributed by atoms with E-state index in [0.29, 0.717) is 11.4 Å². The first-order valence-corrected chi connectivity index (χ1v) is 10.3. The number of hydrogen-bond acceptors (Lipinski definition) is 2. The van der Waals surface area contributed by atoms with Crippen LogP contribution >= 0.6 is 11.6 Å². The van der Waals surface area contributed by atoms with E-state index < -0.39 is 6.04 Å². The Labute approximate surface area is 177 Å². The number of halogens is 2. The van der Waals surface area contributed by atoms with E-state index in [4.69, 9.17) is 11.6 Å². The van der Waals surface area contributed by atoms with Crippen LogP contribution in [-0.4, -0.2) is 28.8 Å². The maximum Gasteiger partial charge on any atom is 0.242 e. The number of carbonyl (C=O) groups excluding carboxylic acids is 2. The summed E-state index contributed by atoms with van der Waals surface area (Å²) in [5.41, 5.74) is 1.65. The number of nitrogens with zero attached hydrogens (tertiary/aromatic N) is 1. The van der Waals surface area contributed by atoms with Gasteiger partial charge in [0.25, 0.3) is 0 Å². The topological polar surface area (TPSA) is 49.4 Å². The molecule has 0 heterocycles. The first-order valence-electron chi connectivity index (χ1n) is 9.89. The number of amides is 2. The number of aryl methyl sites for hydroxylation is 1. The molecule has 0 aromatic heterocycles. The molecule has 0 fully saturated rings. The number of carbonyl (C=O) groups is 2. The summed E-state index contributed by atoms with van der Waals surface area (Å²) >= 11 is 6.19. The second kappa shape index (κ2) is 11.0. The monoisotopic (exact) mass is 418 g/mol. The van der Waals surface area contributed by atoms with Crippen LogP contribution in [0.3, 0.4) is 0 Å². The van der Waals surface area contributed by atoms with Crippen molar-refractivity contribution >= 4 is 23.4 Å². The zero-order valence-electron chi connectivity index (χ0n) is 17.1. The first kappa shape index (κ1) is 22.9. The summed E-state index contributed by atoms with van der Waals surface area (Å²) in [6.07, 6.45) is 1.51. The van der Waals surface area contributed by atoms with Crippen molar-refractivity contribution in [2.45, 2.75) is 58.7 Å². The molecule has 0 radical (unpaired) electrons. The highest BCUT2D eigenvalue weighted by atomic mass is 35.5. The van der Waals surface area contributed by atoms with Crippen molar-refractivity contribution in [3.63, 3.8) is 0 Å². The predicted molar refractivity (Wildman–Crippen MR) is 114 cm³/mol. The highest BCUT2D eigenvalue weighted by molar-refractivity contribution is 6.31. The van der Waals surface area contributed by atoms with Gasteiger partial charge in [-0.1, -0.05) is 48.9 Å². The van der Waals surface area contributed by atoms with Gasteiger partial charge < -0.3 is 10.2 Å². The van der Waals surface area contributed by atoms with Crippen molar-refractivity contribution in [1.82, 2.24) is 10.2 Å². The molecule has 0 aliphatic heterocycles. The molecule has 0 aliphatic carbocycles. The van der Waals surface area contributed by atoms with Crippen molar-refractivity contribution in [1.29, 1.82) is 0 Å². The van der Waals surface area contributed by atoms with Gasteiger partial charge in [0.05, 0.1) is 0 Å². The average Bonchev–Trinajstić information content (AvgIpc) is 2.71. The summed E-state index contributed by atoms with van der Waals surface area (Å²) in [6.45, 7) is 5.86. The van der Waals surface area contributed by atoms with Gasteiger partial charge in [0.2, 0.25) is 11.8 Å². The predicted octanol–water partition coefficient (Wildman–Crippen LogP) is 4.74. The molecule has 4 nitrogen and oxygen atoms in total. The first-order chi connectivity index (χ1) is 13.8. The molecule has 2 aromatic carbocycles. The Bertz CT molecular complexity index is 826. The second-order valence-electron chi connectivity index (χ2n) is 7.23. The van der Waals surface area contributed by atoms with Crippen LogP contribution in [0.1, 0.15) is 44.7 Å². The molecule has 2 amide bonds. The third-order valence-corrected chi connectivity index (χ3v) is 5.37. The minimum absolute atomic E-state index is 0.0239. The maximum atomic E-state index is 13.2. The highest BCUT2D eigenvalue weighted by Crippen LogP contribution is 2.18. The standard InChI is InChI=1S/C23H28ClFN2O2/c1-4-16(2)26-23(29)17(3)27(15-18-9-12-20(25)13-10-18)22(28)14-11-19-7-5-6-8-21(19)24/h5-10,12-13,16-17H,4,11,14-15H2,1-3H3,(H,26,29). The normalized spacial score (nSPS) is 12.9. The molecule has 0 saturated heterocycles. The van der Waals surface area contributed by atoms with Gasteiger partial charge in [-0.2, -0.15) is 0 Å². The van der Waals surface area contributed by atoms with Gasteiger partial charge in [-0.15, -0.1) is 0 Å². The molecular weight excluding hydrogens is 391 g/mol. The van der Waals surface area contributed by atoms with Gasteiger partial charge in [-0.3, -0.25) is 9.59 Å². The van der Waals surface area contributed by atoms with E-state index >= 15 is 0 Å². The van der Waals surface area contributed by atoms with E-state index in [0.717, 1.165) is 17.5 Å². The molecule has 2 unspecified atom stereocenters.